The van der Waals surface area contributed by atoms with Gasteiger partial charge in [0.15, 0.2) is 0 Å². The minimum absolute atomic E-state index is 0.149. The van der Waals surface area contributed by atoms with E-state index in [-0.39, 0.29) is 18.4 Å². The lowest BCUT2D eigenvalue weighted by molar-refractivity contribution is -0.120. The summed E-state index contributed by atoms with van der Waals surface area (Å²) in [7, 11) is 0. The number of carbonyl (C=O) groups is 2. The van der Waals surface area contributed by atoms with Crippen LogP contribution in [0.5, 0.6) is 0 Å². The summed E-state index contributed by atoms with van der Waals surface area (Å²) in [6.45, 7) is -0.149. The highest BCUT2D eigenvalue weighted by Crippen LogP contribution is 2.24. The monoisotopic (exact) mass is 387 g/mol. The third-order valence-corrected chi connectivity index (χ3v) is 5.33. The zero-order valence-corrected chi connectivity index (χ0v) is 15.7. The van der Waals surface area contributed by atoms with Gasteiger partial charge in [0.05, 0.1) is 12.8 Å². The second-order valence-corrected chi connectivity index (χ2v) is 7.10. The number of hydrazone groups is 1. The zero-order chi connectivity index (χ0) is 19.3. The van der Waals surface area contributed by atoms with Crippen LogP contribution in [0.4, 0.5) is 0 Å². The van der Waals surface area contributed by atoms with Gasteiger partial charge in [-0.2, -0.15) is 5.10 Å². The fourth-order valence-corrected chi connectivity index (χ4v) is 3.90. The number of rotatable bonds is 5. The molecular weight excluding hydrogens is 370 g/mol. The molecule has 0 bridgehead atoms. The molecule has 3 aromatic carbocycles. The van der Waals surface area contributed by atoms with E-state index in [1.54, 1.807) is 23.6 Å². The number of fused-ring (bicyclic) bond motifs is 2. The molecule has 0 atom stereocenters. The molecule has 4 rings (SSSR count). The van der Waals surface area contributed by atoms with Crippen LogP contribution in [-0.2, 0) is 4.79 Å². The molecule has 138 valence electrons. The molecule has 1 heterocycles. The van der Waals surface area contributed by atoms with Crippen LogP contribution in [-0.4, -0.2) is 24.6 Å². The van der Waals surface area contributed by atoms with Crippen molar-refractivity contribution in [2.75, 3.05) is 6.54 Å². The van der Waals surface area contributed by atoms with Crippen LogP contribution in [0.2, 0.25) is 0 Å². The third-order valence-electron chi connectivity index (χ3n) is 4.35. The molecule has 6 heteroatoms. The van der Waals surface area contributed by atoms with E-state index in [1.807, 2.05) is 66.0 Å². The Hall–Kier alpha value is -3.51. The Morgan fingerprint density at radius 3 is 2.57 bits per heavy atom. The van der Waals surface area contributed by atoms with Gasteiger partial charge in [0, 0.05) is 26.6 Å². The summed E-state index contributed by atoms with van der Waals surface area (Å²) < 4.78 is 1.16. The van der Waals surface area contributed by atoms with Crippen molar-refractivity contribution in [2.24, 2.45) is 5.10 Å². The average molecular weight is 387 g/mol. The molecule has 0 fully saturated rings. The van der Waals surface area contributed by atoms with Crippen molar-refractivity contribution < 1.29 is 9.59 Å². The van der Waals surface area contributed by atoms with Gasteiger partial charge < -0.3 is 5.32 Å². The highest BCUT2D eigenvalue weighted by molar-refractivity contribution is 7.17. The van der Waals surface area contributed by atoms with Gasteiger partial charge in [0.25, 0.3) is 11.8 Å². The molecule has 0 spiro atoms. The van der Waals surface area contributed by atoms with E-state index in [9.17, 15) is 9.59 Å². The van der Waals surface area contributed by atoms with Gasteiger partial charge in [-0.25, -0.2) is 5.43 Å². The maximum absolute atomic E-state index is 12.4. The second-order valence-electron chi connectivity index (χ2n) is 6.19. The number of hydrogen-bond acceptors (Lipinski definition) is 4. The first-order valence-corrected chi connectivity index (χ1v) is 9.64. The van der Waals surface area contributed by atoms with Crippen LogP contribution < -0.4 is 10.7 Å². The summed E-state index contributed by atoms with van der Waals surface area (Å²) in [6.07, 6.45) is 1.61. The Kier molecular flexibility index (Phi) is 5.12. The first-order valence-electron chi connectivity index (χ1n) is 8.76. The molecule has 0 saturated heterocycles. The predicted octanol–water partition coefficient (Wildman–Crippen LogP) is 3.93. The summed E-state index contributed by atoms with van der Waals surface area (Å²) in [5.74, 6) is -0.677. The van der Waals surface area contributed by atoms with Crippen molar-refractivity contribution in [3.8, 4) is 0 Å². The van der Waals surface area contributed by atoms with Crippen LogP contribution in [0.1, 0.15) is 15.9 Å². The number of nitrogens with one attached hydrogen (secondary N) is 2. The highest BCUT2D eigenvalue weighted by Gasteiger charge is 2.10. The average Bonchev–Trinajstić information content (AvgIpc) is 3.15. The maximum atomic E-state index is 12.4. The quantitative estimate of drug-likeness (QED) is 0.402. The van der Waals surface area contributed by atoms with Crippen molar-refractivity contribution in [1.82, 2.24) is 10.7 Å². The molecule has 1 aromatic heterocycles. The summed E-state index contributed by atoms with van der Waals surface area (Å²) in [5, 5.41) is 11.5. The molecular formula is C22H17N3O2S. The van der Waals surface area contributed by atoms with Crippen molar-refractivity contribution >= 4 is 50.2 Å². The summed E-state index contributed by atoms with van der Waals surface area (Å²) in [6, 6.07) is 21.2. The molecule has 0 unspecified atom stereocenters. The van der Waals surface area contributed by atoms with Gasteiger partial charge in [-0.05, 0) is 22.9 Å². The Labute approximate surface area is 165 Å². The number of benzene rings is 3. The molecule has 0 aliphatic carbocycles. The van der Waals surface area contributed by atoms with E-state index < -0.39 is 0 Å². The molecule has 2 N–H and O–H groups in total. The maximum Gasteiger partial charge on any atom is 0.259 e. The second kappa shape index (κ2) is 8.02. The Bertz CT molecular complexity index is 1190. The van der Waals surface area contributed by atoms with E-state index in [0.29, 0.717) is 5.56 Å². The molecule has 5 nitrogen and oxygen atoms in total. The van der Waals surface area contributed by atoms with Crippen molar-refractivity contribution in [3.63, 3.8) is 0 Å². The Morgan fingerprint density at radius 2 is 1.68 bits per heavy atom. The summed E-state index contributed by atoms with van der Waals surface area (Å²) in [5.41, 5.74) is 3.94. The van der Waals surface area contributed by atoms with Crippen LogP contribution in [0.15, 0.2) is 77.2 Å². The van der Waals surface area contributed by atoms with E-state index in [1.165, 1.54) is 0 Å². The van der Waals surface area contributed by atoms with E-state index in [0.717, 1.165) is 26.4 Å². The van der Waals surface area contributed by atoms with Gasteiger partial charge in [-0.1, -0.05) is 54.6 Å². The predicted molar refractivity (Wildman–Crippen MR) is 114 cm³/mol. The molecule has 0 aliphatic rings. The highest BCUT2D eigenvalue weighted by atomic mass is 32.1. The summed E-state index contributed by atoms with van der Waals surface area (Å²) >= 11 is 1.62. The number of nitrogens with zero attached hydrogens (tertiary/aromatic N) is 1. The number of amides is 2. The minimum atomic E-state index is -0.385. The number of carbonyl (C=O) groups excluding carboxylic acids is 2. The van der Waals surface area contributed by atoms with E-state index in [4.69, 9.17) is 0 Å². The van der Waals surface area contributed by atoms with Crippen LogP contribution in [0.25, 0.3) is 20.9 Å². The fraction of sp³-hybridized carbons (Fsp3) is 0.0455. The molecule has 0 radical (unpaired) electrons. The van der Waals surface area contributed by atoms with Gasteiger partial charge >= 0.3 is 0 Å². The fourth-order valence-electron chi connectivity index (χ4n) is 2.99. The number of thiophene rings is 1. The lowest BCUT2D eigenvalue weighted by Crippen LogP contribution is -2.35. The minimum Gasteiger partial charge on any atom is -0.343 e. The lowest BCUT2D eigenvalue weighted by atomic mass is 10.0. The van der Waals surface area contributed by atoms with Gasteiger partial charge in [0.2, 0.25) is 0 Å². The van der Waals surface area contributed by atoms with E-state index in [2.05, 4.69) is 15.8 Å². The molecule has 0 saturated carbocycles. The number of hydrogen-bond donors (Lipinski definition) is 2. The Balaban J connectivity index is 1.36. The van der Waals surface area contributed by atoms with Crippen molar-refractivity contribution in [1.29, 1.82) is 0 Å². The largest absolute Gasteiger partial charge is 0.343 e. The first-order chi connectivity index (χ1) is 13.7. The zero-order valence-electron chi connectivity index (χ0n) is 14.9. The topological polar surface area (TPSA) is 70.6 Å². The SMILES string of the molecule is O=C(CNC(=O)c1cccc2ccccc12)N/N=C/c1csc2ccccc12. The normalized spacial score (nSPS) is 11.1. The molecule has 28 heavy (non-hydrogen) atoms. The van der Waals surface area contributed by atoms with Crippen LogP contribution in [0, 0.1) is 0 Å². The van der Waals surface area contributed by atoms with Crippen LogP contribution >= 0.6 is 11.3 Å². The smallest absolute Gasteiger partial charge is 0.259 e. The first kappa shape index (κ1) is 17.9. The van der Waals surface area contributed by atoms with Gasteiger partial charge in [-0.15, -0.1) is 11.3 Å². The molecule has 0 aliphatic heterocycles. The standard InChI is InChI=1S/C22H17N3O2S/c26-21(25-24-12-16-14-28-20-11-4-3-9-18(16)20)13-23-22(27)19-10-5-7-15-6-1-2-8-17(15)19/h1-12,14H,13H2,(H,23,27)(H,25,26)/b24-12+. The Morgan fingerprint density at radius 1 is 0.929 bits per heavy atom. The lowest BCUT2D eigenvalue weighted by Gasteiger charge is -2.07. The molecule has 2 amide bonds. The van der Waals surface area contributed by atoms with Crippen LogP contribution in [0.3, 0.4) is 0 Å². The van der Waals surface area contributed by atoms with Crippen molar-refractivity contribution in [3.05, 3.63) is 83.2 Å². The third kappa shape index (κ3) is 3.77. The molecule has 4 aromatic rings. The summed E-state index contributed by atoms with van der Waals surface area (Å²) in [4.78, 5) is 24.4. The van der Waals surface area contributed by atoms with Crippen molar-refractivity contribution in [2.45, 2.75) is 0 Å². The van der Waals surface area contributed by atoms with Gasteiger partial charge in [-0.3, -0.25) is 9.59 Å². The van der Waals surface area contributed by atoms with E-state index >= 15 is 0 Å². The van der Waals surface area contributed by atoms with Gasteiger partial charge in [0.1, 0.15) is 0 Å².